The monoisotopic (exact) mass is 330 g/mol. The van der Waals surface area contributed by atoms with E-state index in [4.69, 9.17) is 0 Å². The smallest absolute Gasteiger partial charge is 0.334 e. The summed E-state index contributed by atoms with van der Waals surface area (Å²) in [6.07, 6.45) is 3.31. The summed E-state index contributed by atoms with van der Waals surface area (Å²) in [5.41, 5.74) is 1.51. The molecule has 6 nitrogen and oxygen atoms in total. The molecular formula is C16H14N2O4S. The normalized spacial score (nSPS) is 21.4. The highest BCUT2D eigenvalue weighted by Gasteiger charge is 2.41. The molecule has 2 aromatic rings. The van der Waals surface area contributed by atoms with Crippen molar-refractivity contribution < 1.29 is 19.8 Å². The molecule has 0 bridgehead atoms. The summed E-state index contributed by atoms with van der Waals surface area (Å²) in [5.74, 6) is -3.96. The molecule has 2 aromatic heterocycles. The van der Waals surface area contributed by atoms with Crippen LogP contribution < -0.4 is 0 Å². The van der Waals surface area contributed by atoms with Crippen molar-refractivity contribution >= 4 is 39.1 Å². The Balaban J connectivity index is 2.29. The molecule has 118 valence electrons. The van der Waals surface area contributed by atoms with Gasteiger partial charge in [0.25, 0.3) is 0 Å². The number of hydrogen-bond donors (Lipinski definition) is 2. The van der Waals surface area contributed by atoms with E-state index < -0.39 is 23.8 Å². The zero-order chi connectivity index (χ0) is 16.7. The van der Waals surface area contributed by atoms with Crippen LogP contribution in [0.15, 0.2) is 40.1 Å². The third kappa shape index (κ3) is 2.43. The van der Waals surface area contributed by atoms with Crippen molar-refractivity contribution in [3.05, 3.63) is 40.7 Å². The lowest BCUT2D eigenvalue weighted by Gasteiger charge is -2.29. The highest BCUT2D eigenvalue weighted by atomic mass is 32.1. The fraction of sp³-hybridized carbons (Fsp3) is 0.250. The summed E-state index contributed by atoms with van der Waals surface area (Å²) in [6.45, 7) is 3.23. The zero-order valence-corrected chi connectivity index (χ0v) is 13.3. The number of carboxylic acid groups (broad SMARTS) is 2. The van der Waals surface area contributed by atoms with Crippen LogP contribution in [-0.2, 0) is 9.59 Å². The molecule has 2 atom stereocenters. The van der Waals surface area contributed by atoms with Crippen LogP contribution in [0.25, 0.3) is 10.1 Å². The van der Waals surface area contributed by atoms with E-state index >= 15 is 0 Å². The van der Waals surface area contributed by atoms with Gasteiger partial charge in [-0.2, -0.15) is 0 Å². The Hall–Kier alpha value is -2.54. The number of aromatic nitrogens is 1. The molecule has 7 heteroatoms. The molecule has 0 aliphatic carbocycles. The SMILES string of the molecule is CC1=NC(C)=C(C(=O)O)C(c2csc3cnccc23)C1C(=O)O. The summed E-state index contributed by atoms with van der Waals surface area (Å²) < 4.78 is 0.897. The van der Waals surface area contributed by atoms with Crippen LogP contribution in [0.1, 0.15) is 25.3 Å². The molecular weight excluding hydrogens is 316 g/mol. The maximum absolute atomic E-state index is 11.8. The average molecular weight is 330 g/mol. The highest BCUT2D eigenvalue weighted by Crippen LogP contribution is 2.43. The Labute approximate surface area is 135 Å². The van der Waals surface area contributed by atoms with E-state index in [9.17, 15) is 19.8 Å². The highest BCUT2D eigenvalue weighted by molar-refractivity contribution is 7.17. The predicted molar refractivity (Wildman–Crippen MR) is 86.9 cm³/mol. The van der Waals surface area contributed by atoms with Crippen molar-refractivity contribution in [3.63, 3.8) is 0 Å². The van der Waals surface area contributed by atoms with Crippen LogP contribution in [0.3, 0.4) is 0 Å². The molecule has 23 heavy (non-hydrogen) atoms. The van der Waals surface area contributed by atoms with Gasteiger partial charge in [0.1, 0.15) is 5.92 Å². The van der Waals surface area contributed by atoms with Crippen molar-refractivity contribution in [2.45, 2.75) is 19.8 Å². The third-order valence-corrected chi connectivity index (χ3v) is 5.02. The van der Waals surface area contributed by atoms with Crippen molar-refractivity contribution in [1.29, 1.82) is 0 Å². The number of thiophene rings is 1. The van der Waals surface area contributed by atoms with Gasteiger partial charge in [0, 0.05) is 29.7 Å². The Kier molecular flexibility index (Phi) is 3.73. The van der Waals surface area contributed by atoms with Gasteiger partial charge in [-0.1, -0.05) is 0 Å². The summed E-state index contributed by atoms with van der Waals surface area (Å²) in [5, 5.41) is 21.9. The minimum absolute atomic E-state index is 0.0412. The van der Waals surface area contributed by atoms with Crippen LogP contribution in [-0.4, -0.2) is 32.8 Å². The largest absolute Gasteiger partial charge is 0.481 e. The molecule has 0 spiro atoms. The molecule has 3 heterocycles. The quantitative estimate of drug-likeness (QED) is 0.901. The van der Waals surface area contributed by atoms with E-state index in [-0.39, 0.29) is 5.57 Å². The van der Waals surface area contributed by atoms with Gasteiger partial charge < -0.3 is 10.2 Å². The molecule has 0 radical (unpaired) electrons. The number of aliphatic carboxylic acids is 2. The second-order valence-corrected chi connectivity index (χ2v) is 6.33. The first kappa shape index (κ1) is 15.4. The first-order valence-corrected chi connectivity index (χ1v) is 7.83. The number of nitrogens with zero attached hydrogens (tertiary/aromatic N) is 2. The fourth-order valence-electron chi connectivity index (χ4n) is 3.11. The minimum atomic E-state index is -1.14. The number of carboxylic acids is 2. The molecule has 2 N–H and O–H groups in total. The van der Waals surface area contributed by atoms with E-state index in [1.165, 1.54) is 11.3 Å². The van der Waals surface area contributed by atoms with Gasteiger partial charge in [-0.15, -0.1) is 11.3 Å². The molecule has 0 aromatic carbocycles. The number of hydrogen-bond acceptors (Lipinski definition) is 5. The standard InChI is InChI=1S/C16H14N2O4S/c1-7-12(15(19)20)14(13(16(21)22)8(2)18-7)10-6-23-11-5-17-4-3-9(10)11/h3-6,12,14H,1-2H3,(H,19,20)(H,21,22). The van der Waals surface area contributed by atoms with Crippen LogP contribution in [0.4, 0.5) is 0 Å². The summed E-state index contributed by atoms with van der Waals surface area (Å²) >= 11 is 1.43. The molecule has 3 rings (SSSR count). The first-order valence-electron chi connectivity index (χ1n) is 6.95. The average Bonchev–Trinajstić information content (AvgIpc) is 2.89. The minimum Gasteiger partial charge on any atom is -0.481 e. The Morgan fingerprint density at radius 1 is 1.26 bits per heavy atom. The number of rotatable bonds is 3. The lowest BCUT2D eigenvalue weighted by Crippen LogP contribution is -2.34. The van der Waals surface area contributed by atoms with Gasteiger partial charge in [0.05, 0.1) is 10.3 Å². The number of pyridine rings is 1. The van der Waals surface area contributed by atoms with Crippen LogP contribution in [0.5, 0.6) is 0 Å². The molecule has 1 aliphatic heterocycles. The summed E-state index contributed by atoms with van der Waals surface area (Å²) in [4.78, 5) is 31.7. The molecule has 2 unspecified atom stereocenters. The lowest BCUT2D eigenvalue weighted by molar-refractivity contribution is -0.140. The molecule has 0 fully saturated rings. The van der Waals surface area contributed by atoms with E-state index in [1.807, 2.05) is 5.38 Å². The predicted octanol–water partition coefficient (Wildman–Crippen LogP) is 2.91. The van der Waals surface area contributed by atoms with Gasteiger partial charge in [0.15, 0.2) is 0 Å². The van der Waals surface area contributed by atoms with Crippen molar-refractivity contribution in [1.82, 2.24) is 4.98 Å². The fourth-order valence-corrected chi connectivity index (χ4v) is 4.08. The van der Waals surface area contributed by atoms with Crippen molar-refractivity contribution in [2.75, 3.05) is 0 Å². The number of carbonyl (C=O) groups is 2. The van der Waals surface area contributed by atoms with E-state index in [0.29, 0.717) is 17.0 Å². The van der Waals surface area contributed by atoms with Gasteiger partial charge in [-0.3, -0.25) is 14.8 Å². The van der Waals surface area contributed by atoms with Crippen LogP contribution in [0.2, 0.25) is 0 Å². The first-order chi connectivity index (χ1) is 10.9. The maximum Gasteiger partial charge on any atom is 0.334 e. The van der Waals surface area contributed by atoms with E-state index in [0.717, 1.165) is 10.1 Å². The molecule has 0 saturated carbocycles. The van der Waals surface area contributed by atoms with Crippen LogP contribution >= 0.6 is 11.3 Å². The Bertz CT molecular complexity index is 881. The van der Waals surface area contributed by atoms with E-state index in [1.54, 1.807) is 32.3 Å². The van der Waals surface area contributed by atoms with E-state index in [2.05, 4.69) is 9.98 Å². The lowest BCUT2D eigenvalue weighted by atomic mass is 9.75. The Morgan fingerprint density at radius 2 is 2.00 bits per heavy atom. The van der Waals surface area contributed by atoms with Crippen molar-refractivity contribution in [3.8, 4) is 0 Å². The molecule has 1 aliphatic rings. The van der Waals surface area contributed by atoms with Crippen molar-refractivity contribution in [2.24, 2.45) is 10.9 Å². The number of fused-ring (bicyclic) bond motifs is 1. The molecule has 0 amide bonds. The van der Waals surface area contributed by atoms with Gasteiger partial charge >= 0.3 is 11.9 Å². The van der Waals surface area contributed by atoms with Gasteiger partial charge in [0.2, 0.25) is 0 Å². The zero-order valence-electron chi connectivity index (χ0n) is 12.5. The second kappa shape index (κ2) is 5.58. The van der Waals surface area contributed by atoms with Gasteiger partial charge in [-0.05, 0) is 36.2 Å². The number of aliphatic imine (C=N–C) groups is 1. The summed E-state index contributed by atoms with van der Waals surface area (Å²) in [6, 6.07) is 1.79. The number of allylic oxidation sites excluding steroid dienone is 1. The third-order valence-electron chi connectivity index (χ3n) is 4.07. The second-order valence-electron chi connectivity index (χ2n) is 5.41. The van der Waals surface area contributed by atoms with Crippen LogP contribution in [0, 0.1) is 5.92 Å². The molecule has 0 saturated heterocycles. The van der Waals surface area contributed by atoms with Gasteiger partial charge in [-0.25, -0.2) is 4.79 Å². The topological polar surface area (TPSA) is 99.9 Å². The maximum atomic E-state index is 11.8. The Morgan fingerprint density at radius 3 is 2.65 bits per heavy atom. The summed E-state index contributed by atoms with van der Waals surface area (Å²) in [7, 11) is 0.